The van der Waals surface area contributed by atoms with E-state index in [2.05, 4.69) is 10.6 Å². The van der Waals surface area contributed by atoms with Gasteiger partial charge in [-0.25, -0.2) is 4.39 Å². The molecule has 1 aromatic rings. The number of hydrogen-bond acceptors (Lipinski definition) is 4. The van der Waals surface area contributed by atoms with Crippen LogP contribution < -0.4 is 10.6 Å². The average Bonchev–Trinajstić information content (AvgIpc) is 2.90. The van der Waals surface area contributed by atoms with Crippen LogP contribution in [0, 0.1) is 6.92 Å². The summed E-state index contributed by atoms with van der Waals surface area (Å²) in [6.07, 6.45) is 3.73. The summed E-state index contributed by atoms with van der Waals surface area (Å²) in [4.78, 5) is 36.6. The van der Waals surface area contributed by atoms with Crippen LogP contribution in [0.4, 0.5) is 4.39 Å². The second-order valence-corrected chi connectivity index (χ2v) is 7.46. The van der Waals surface area contributed by atoms with Gasteiger partial charge in [-0.1, -0.05) is 0 Å². The number of carbonyl (C=O) groups excluding carboxylic acids is 3. The quantitative estimate of drug-likeness (QED) is 0.476. The number of furan rings is 1. The van der Waals surface area contributed by atoms with E-state index in [1.807, 2.05) is 0 Å². The second-order valence-electron chi connectivity index (χ2n) is 6.96. The molecule has 0 fully saturated rings. The maximum absolute atomic E-state index is 13.3. The predicted molar refractivity (Wildman–Crippen MR) is 94.9 cm³/mol. The number of nitrogens with one attached hydrogen (secondary N) is 2. The van der Waals surface area contributed by atoms with E-state index in [9.17, 15) is 18.8 Å². The van der Waals surface area contributed by atoms with Crippen LogP contribution in [-0.2, 0) is 4.79 Å². The molecule has 0 aliphatic heterocycles. The number of allylic oxidation sites excluding steroid dienone is 3. The Balaban J connectivity index is 2.14. The van der Waals surface area contributed by atoms with Gasteiger partial charge in [0.25, 0.3) is 17.6 Å². The Kier molecular flexibility index (Phi) is 5.71. The van der Waals surface area contributed by atoms with Gasteiger partial charge in [0.1, 0.15) is 12.4 Å². The molecule has 2 atom stereocenters. The molecule has 2 amide bonds. The Morgan fingerprint density at radius 1 is 1.27 bits per heavy atom. The fourth-order valence-electron chi connectivity index (χ4n) is 2.28. The highest BCUT2D eigenvalue weighted by Crippen LogP contribution is 2.20. The maximum atomic E-state index is 13.3. The average molecular weight is 383 g/mol. The van der Waals surface area contributed by atoms with E-state index in [1.54, 1.807) is 20.8 Å². The number of halogens is 2. The lowest BCUT2D eigenvalue weighted by molar-refractivity contribution is -0.118. The van der Waals surface area contributed by atoms with E-state index in [1.165, 1.54) is 25.2 Å². The zero-order valence-electron chi connectivity index (χ0n) is 14.9. The second kappa shape index (κ2) is 7.45. The Hall–Kier alpha value is -2.41. The lowest BCUT2D eigenvalue weighted by atomic mass is 10.0. The molecule has 140 valence electrons. The van der Waals surface area contributed by atoms with Crippen LogP contribution in [0.15, 0.2) is 34.6 Å². The van der Waals surface area contributed by atoms with Crippen molar-refractivity contribution in [2.75, 3.05) is 0 Å². The highest BCUT2D eigenvalue weighted by Gasteiger charge is 2.28. The third kappa shape index (κ3) is 4.60. The number of amides is 2. The summed E-state index contributed by atoms with van der Waals surface area (Å²) >= 11 is 5.79. The van der Waals surface area contributed by atoms with E-state index in [0.29, 0.717) is 5.70 Å². The number of rotatable bonds is 4. The van der Waals surface area contributed by atoms with Gasteiger partial charge in [0, 0.05) is 16.8 Å². The lowest BCUT2D eigenvalue weighted by Gasteiger charge is -2.19. The van der Waals surface area contributed by atoms with Gasteiger partial charge < -0.3 is 15.1 Å². The summed E-state index contributed by atoms with van der Waals surface area (Å²) in [7, 11) is 0. The first-order valence-corrected chi connectivity index (χ1v) is 8.37. The minimum Gasteiger partial charge on any atom is -0.458 e. The molecule has 1 aliphatic carbocycles. The maximum Gasteiger partial charge on any atom is 0.292 e. The monoisotopic (exact) mass is 382 g/mol. The molecular formula is C18H20ClFN2O4. The first-order valence-electron chi connectivity index (χ1n) is 7.94. The summed E-state index contributed by atoms with van der Waals surface area (Å²) in [6, 6.07) is 0. The highest BCUT2D eigenvalue weighted by molar-refractivity contribution is 6.43. The van der Waals surface area contributed by atoms with Gasteiger partial charge in [0.2, 0.25) is 0 Å². The first kappa shape index (κ1) is 19.9. The third-order valence-corrected chi connectivity index (χ3v) is 3.91. The molecule has 8 heteroatoms. The van der Waals surface area contributed by atoms with Crippen LogP contribution in [-0.4, -0.2) is 34.7 Å². The van der Waals surface area contributed by atoms with E-state index in [-0.39, 0.29) is 16.9 Å². The molecule has 0 spiro atoms. The van der Waals surface area contributed by atoms with Gasteiger partial charge in [-0.3, -0.25) is 14.4 Å². The van der Waals surface area contributed by atoms with Crippen molar-refractivity contribution in [2.24, 2.45) is 0 Å². The van der Waals surface area contributed by atoms with E-state index >= 15 is 0 Å². The first-order chi connectivity index (χ1) is 12.0. The molecule has 0 aromatic carbocycles. The number of carbonyl (C=O) groups is 3. The summed E-state index contributed by atoms with van der Waals surface area (Å²) in [5.74, 6) is -2.32. The largest absolute Gasteiger partial charge is 0.458 e. The zero-order valence-corrected chi connectivity index (χ0v) is 15.6. The molecule has 1 aromatic heterocycles. The number of Topliss-reactive ketones (excluding diaryl/α,β-unsaturated/α-hetero) is 1. The topological polar surface area (TPSA) is 88.4 Å². The van der Waals surface area contributed by atoms with Crippen molar-refractivity contribution in [3.05, 3.63) is 47.1 Å². The zero-order chi connectivity index (χ0) is 19.6. The van der Waals surface area contributed by atoms with Gasteiger partial charge in [-0.15, -0.1) is 11.6 Å². The van der Waals surface area contributed by atoms with Crippen LogP contribution in [0.25, 0.3) is 0 Å². The molecule has 1 heterocycles. The smallest absolute Gasteiger partial charge is 0.292 e. The Bertz CT molecular complexity index is 805. The fourth-order valence-corrected chi connectivity index (χ4v) is 2.50. The molecule has 2 unspecified atom stereocenters. The molecule has 2 N–H and O–H groups in total. The lowest BCUT2D eigenvalue weighted by Crippen LogP contribution is -2.44. The van der Waals surface area contributed by atoms with Crippen LogP contribution >= 0.6 is 11.6 Å². The predicted octanol–water partition coefficient (Wildman–Crippen LogP) is 2.81. The number of ketones is 1. The van der Waals surface area contributed by atoms with Crippen molar-refractivity contribution in [1.29, 1.82) is 0 Å². The molecule has 6 nitrogen and oxygen atoms in total. The van der Waals surface area contributed by atoms with Crippen molar-refractivity contribution in [3.63, 3.8) is 0 Å². The normalized spacial score (nSPS) is 19.7. The minimum atomic E-state index is -1.33. The molecule has 0 saturated carbocycles. The summed E-state index contributed by atoms with van der Waals surface area (Å²) in [5, 5.41) is 4.20. The van der Waals surface area contributed by atoms with Gasteiger partial charge in [0.15, 0.2) is 5.76 Å². The standard InChI is InChI=1S/C18H20ClFN2O4/c1-9-11(14(23)16(24)22-18(2,3)4)8-26-15(9)17(25)21-10-5-6-13(20)12(19)7-10/h5-8,12-13H,1-4H3,(H,21,25)(H,22,24). The van der Waals surface area contributed by atoms with Crippen molar-refractivity contribution in [1.82, 2.24) is 10.6 Å². The SMILES string of the molecule is Cc1c(C(=O)C(=O)NC(C)(C)C)coc1C(=O)NC1=CC(Cl)C(F)C=C1. The molecular weight excluding hydrogens is 363 g/mol. The van der Waals surface area contributed by atoms with Gasteiger partial charge in [0.05, 0.1) is 10.9 Å². The van der Waals surface area contributed by atoms with E-state index in [4.69, 9.17) is 16.0 Å². The van der Waals surface area contributed by atoms with Crippen molar-refractivity contribution < 1.29 is 23.2 Å². The summed E-state index contributed by atoms with van der Waals surface area (Å²) < 4.78 is 18.5. The van der Waals surface area contributed by atoms with Crippen molar-refractivity contribution >= 4 is 29.2 Å². The van der Waals surface area contributed by atoms with Gasteiger partial charge >= 0.3 is 0 Å². The van der Waals surface area contributed by atoms with E-state index < -0.39 is 34.7 Å². The Morgan fingerprint density at radius 2 is 1.92 bits per heavy atom. The third-order valence-electron chi connectivity index (χ3n) is 3.55. The number of hydrogen-bond donors (Lipinski definition) is 2. The van der Waals surface area contributed by atoms with Crippen LogP contribution in [0.1, 0.15) is 47.2 Å². The van der Waals surface area contributed by atoms with Crippen LogP contribution in [0.5, 0.6) is 0 Å². The molecule has 1 aliphatic rings. The molecule has 0 bridgehead atoms. The minimum absolute atomic E-state index is 0.00380. The Morgan fingerprint density at radius 3 is 2.50 bits per heavy atom. The fraction of sp³-hybridized carbons (Fsp3) is 0.389. The Labute approximate surface area is 155 Å². The van der Waals surface area contributed by atoms with Gasteiger partial charge in [-0.05, 0) is 45.9 Å². The van der Waals surface area contributed by atoms with Crippen molar-refractivity contribution in [2.45, 2.75) is 44.8 Å². The van der Waals surface area contributed by atoms with Crippen LogP contribution in [0.3, 0.4) is 0 Å². The summed E-state index contributed by atoms with van der Waals surface area (Å²) in [6.45, 7) is 6.74. The van der Waals surface area contributed by atoms with Crippen LogP contribution in [0.2, 0.25) is 0 Å². The van der Waals surface area contributed by atoms with E-state index in [0.717, 1.165) is 6.26 Å². The summed E-state index contributed by atoms with van der Waals surface area (Å²) in [5.41, 5.74) is -0.0126. The molecule has 0 saturated heterocycles. The van der Waals surface area contributed by atoms with Gasteiger partial charge in [-0.2, -0.15) is 0 Å². The highest BCUT2D eigenvalue weighted by atomic mass is 35.5. The molecule has 2 rings (SSSR count). The molecule has 0 radical (unpaired) electrons. The molecule has 26 heavy (non-hydrogen) atoms. The van der Waals surface area contributed by atoms with Crippen molar-refractivity contribution in [3.8, 4) is 0 Å². The number of alkyl halides is 2.